The second-order valence-electron chi connectivity index (χ2n) is 7.74. The van der Waals surface area contributed by atoms with Gasteiger partial charge in [-0.05, 0) is 25.8 Å². The van der Waals surface area contributed by atoms with Gasteiger partial charge in [0.15, 0.2) is 0 Å². The van der Waals surface area contributed by atoms with Gasteiger partial charge < -0.3 is 9.84 Å². The van der Waals surface area contributed by atoms with Gasteiger partial charge in [0.25, 0.3) is 0 Å². The molecule has 5 heteroatoms. The molecule has 1 N–H and O–H groups in total. The number of likely N-dealkylation sites (tertiary alicyclic amines) is 1. The van der Waals surface area contributed by atoms with E-state index in [1.807, 2.05) is 36.4 Å². The van der Waals surface area contributed by atoms with Crippen LogP contribution in [-0.4, -0.2) is 42.1 Å². The molecule has 1 aromatic heterocycles. The van der Waals surface area contributed by atoms with Crippen LogP contribution in [-0.2, 0) is 11.2 Å². The van der Waals surface area contributed by atoms with Crippen LogP contribution in [0.15, 0.2) is 40.9 Å². The summed E-state index contributed by atoms with van der Waals surface area (Å²) in [7, 11) is 1.73. The Morgan fingerprint density at radius 1 is 1.31 bits per heavy atom. The lowest BCUT2D eigenvalue weighted by molar-refractivity contribution is -0.130. The first kappa shape index (κ1) is 17.3. The Hall–Kier alpha value is -2.14. The zero-order chi connectivity index (χ0) is 18.0. The van der Waals surface area contributed by atoms with Crippen LogP contribution in [0.3, 0.4) is 0 Å². The molecular formula is C21H27N3O2. The number of amides is 1. The van der Waals surface area contributed by atoms with Crippen LogP contribution in [0.5, 0.6) is 0 Å². The van der Waals surface area contributed by atoms with Crippen molar-refractivity contribution in [2.75, 3.05) is 20.1 Å². The first-order valence-electron chi connectivity index (χ1n) is 9.67. The third-order valence-corrected chi connectivity index (χ3v) is 6.07. The molecule has 1 aliphatic heterocycles. The van der Waals surface area contributed by atoms with E-state index in [2.05, 4.69) is 15.4 Å². The molecule has 0 bridgehead atoms. The fourth-order valence-corrected chi connectivity index (χ4v) is 4.64. The molecule has 0 spiro atoms. The molecule has 2 heterocycles. The molecule has 1 aromatic carbocycles. The molecule has 26 heavy (non-hydrogen) atoms. The predicted molar refractivity (Wildman–Crippen MR) is 101 cm³/mol. The lowest BCUT2D eigenvalue weighted by atomic mass is 9.81. The standard InChI is InChI=1S/C21H27N3O2/c1-22-20(25)21(11-12-24(15-21)17-9-5-6-10-17)14-18-13-19(23-26-18)16-7-3-2-4-8-16/h2-4,7-8,13,17H,5-6,9-12,14-15H2,1H3,(H,22,25)/t21-/m1/s1. The van der Waals surface area contributed by atoms with E-state index in [0.29, 0.717) is 12.5 Å². The van der Waals surface area contributed by atoms with Gasteiger partial charge in [-0.3, -0.25) is 9.69 Å². The highest BCUT2D eigenvalue weighted by molar-refractivity contribution is 5.83. The number of hydrogen-bond donors (Lipinski definition) is 1. The molecule has 2 aromatic rings. The number of benzene rings is 1. The van der Waals surface area contributed by atoms with Crippen LogP contribution in [0.1, 0.15) is 37.9 Å². The van der Waals surface area contributed by atoms with Gasteiger partial charge in [0, 0.05) is 37.7 Å². The Labute approximate surface area is 154 Å². The van der Waals surface area contributed by atoms with E-state index in [0.717, 1.165) is 36.5 Å². The SMILES string of the molecule is CNC(=O)[C@@]1(Cc2cc(-c3ccccc3)no2)CCN(C2CCCC2)C1. The highest BCUT2D eigenvalue weighted by atomic mass is 16.5. The molecule has 1 saturated heterocycles. The fraction of sp³-hybridized carbons (Fsp3) is 0.524. The van der Waals surface area contributed by atoms with Gasteiger partial charge in [-0.15, -0.1) is 0 Å². The summed E-state index contributed by atoms with van der Waals surface area (Å²) in [5.74, 6) is 0.913. The molecule has 0 unspecified atom stereocenters. The second-order valence-corrected chi connectivity index (χ2v) is 7.74. The van der Waals surface area contributed by atoms with Crippen LogP contribution < -0.4 is 5.32 Å². The van der Waals surface area contributed by atoms with Gasteiger partial charge in [0.2, 0.25) is 5.91 Å². The molecule has 0 radical (unpaired) electrons. The first-order chi connectivity index (χ1) is 12.7. The van der Waals surface area contributed by atoms with Crippen molar-refractivity contribution in [3.63, 3.8) is 0 Å². The van der Waals surface area contributed by atoms with Crippen molar-refractivity contribution in [1.29, 1.82) is 0 Å². The van der Waals surface area contributed by atoms with Crippen molar-refractivity contribution in [3.05, 3.63) is 42.2 Å². The largest absolute Gasteiger partial charge is 0.361 e. The van der Waals surface area contributed by atoms with Crippen LogP contribution in [0.4, 0.5) is 0 Å². The molecule has 2 aliphatic rings. The van der Waals surface area contributed by atoms with E-state index < -0.39 is 5.41 Å². The minimum absolute atomic E-state index is 0.121. The fourth-order valence-electron chi connectivity index (χ4n) is 4.64. The van der Waals surface area contributed by atoms with Gasteiger partial charge >= 0.3 is 0 Å². The molecule has 4 rings (SSSR count). The number of nitrogens with zero attached hydrogens (tertiary/aromatic N) is 2. The summed E-state index contributed by atoms with van der Waals surface area (Å²) >= 11 is 0. The minimum atomic E-state index is -0.412. The number of carbonyl (C=O) groups is 1. The Morgan fingerprint density at radius 3 is 2.81 bits per heavy atom. The number of hydrogen-bond acceptors (Lipinski definition) is 4. The minimum Gasteiger partial charge on any atom is -0.361 e. The molecule has 1 saturated carbocycles. The van der Waals surface area contributed by atoms with Gasteiger partial charge in [-0.1, -0.05) is 48.3 Å². The van der Waals surface area contributed by atoms with Crippen LogP contribution in [0.2, 0.25) is 0 Å². The average Bonchev–Trinajstić information content (AvgIpc) is 3.43. The summed E-state index contributed by atoms with van der Waals surface area (Å²) in [5.41, 5.74) is 1.46. The number of nitrogens with one attached hydrogen (secondary N) is 1. The first-order valence-corrected chi connectivity index (χ1v) is 9.67. The molecule has 5 nitrogen and oxygen atoms in total. The van der Waals surface area contributed by atoms with Gasteiger partial charge in [0.05, 0.1) is 5.41 Å². The Balaban J connectivity index is 1.53. The quantitative estimate of drug-likeness (QED) is 0.896. The molecule has 138 valence electrons. The predicted octanol–water partition coefficient (Wildman–Crippen LogP) is 3.26. The van der Waals surface area contributed by atoms with Crippen molar-refractivity contribution in [2.24, 2.45) is 5.41 Å². The maximum absolute atomic E-state index is 12.8. The van der Waals surface area contributed by atoms with Crippen molar-refractivity contribution < 1.29 is 9.32 Å². The molecular weight excluding hydrogens is 326 g/mol. The molecule has 2 fully saturated rings. The number of carbonyl (C=O) groups excluding carboxylic acids is 1. The van der Waals surface area contributed by atoms with Gasteiger partial charge in [0.1, 0.15) is 11.5 Å². The van der Waals surface area contributed by atoms with Crippen molar-refractivity contribution in [3.8, 4) is 11.3 Å². The summed E-state index contributed by atoms with van der Waals surface area (Å²) in [4.78, 5) is 15.3. The Bertz CT molecular complexity index is 752. The van der Waals surface area contributed by atoms with E-state index in [1.165, 1.54) is 25.7 Å². The lowest BCUT2D eigenvalue weighted by Gasteiger charge is -2.29. The average molecular weight is 353 g/mol. The van der Waals surface area contributed by atoms with Crippen LogP contribution >= 0.6 is 0 Å². The van der Waals surface area contributed by atoms with E-state index >= 15 is 0 Å². The van der Waals surface area contributed by atoms with Gasteiger partial charge in [-0.25, -0.2) is 0 Å². The van der Waals surface area contributed by atoms with Crippen LogP contribution in [0.25, 0.3) is 11.3 Å². The summed E-state index contributed by atoms with van der Waals surface area (Å²) in [6.45, 7) is 1.82. The molecule has 1 atom stereocenters. The normalized spacial score (nSPS) is 24.2. The summed E-state index contributed by atoms with van der Waals surface area (Å²) in [6.07, 6.45) is 6.65. The maximum Gasteiger partial charge on any atom is 0.227 e. The van der Waals surface area contributed by atoms with Crippen molar-refractivity contribution in [2.45, 2.75) is 44.6 Å². The van der Waals surface area contributed by atoms with E-state index in [-0.39, 0.29) is 5.91 Å². The third kappa shape index (κ3) is 3.28. The third-order valence-electron chi connectivity index (χ3n) is 6.07. The lowest BCUT2D eigenvalue weighted by Crippen LogP contribution is -2.44. The molecule has 1 amide bonds. The monoisotopic (exact) mass is 353 g/mol. The van der Waals surface area contributed by atoms with Crippen molar-refractivity contribution >= 4 is 5.91 Å². The van der Waals surface area contributed by atoms with E-state index in [1.54, 1.807) is 7.05 Å². The topological polar surface area (TPSA) is 58.4 Å². The Kier molecular flexibility index (Phi) is 4.81. The highest BCUT2D eigenvalue weighted by Crippen LogP contribution is 2.38. The second kappa shape index (κ2) is 7.23. The van der Waals surface area contributed by atoms with Gasteiger partial charge in [-0.2, -0.15) is 0 Å². The summed E-state index contributed by atoms with van der Waals surface area (Å²) in [6, 6.07) is 12.6. The molecule has 1 aliphatic carbocycles. The smallest absolute Gasteiger partial charge is 0.227 e. The zero-order valence-corrected chi connectivity index (χ0v) is 15.4. The summed E-state index contributed by atoms with van der Waals surface area (Å²) in [5, 5.41) is 7.11. The van der Waals surface area contributed by atoms with E-state index in [9.17, 15) is 4.79 Å². The van der Waals surface area contributed by atoms with E-state index in [4.69, 9.17) is 4.52 Å². The van der Waals surface area contributed by atoms with Crippen LogP contribution in [0, 0.1) is 5.41 Å². The maximum atomic E-state index is 12.8. The highest BCUT2D eigenvalue weighted by Gasteiger charge is 2.46. The number of rotatable bonds is 5. The van der Waals surface area contributed by atoms with Crippen molar-refractivity contribution in [1.82, 2.24) is 15.4 Å². The zero-order valence-electron chi connectivity index (χ0n) is 15.4. The Morgan fingerprint density at radius 2 is 2.08 bits per heavy atom. The number of aromatic nitrogens is 1. The summed E-state index contributed by atoms with van der Waals surface area (Å²) < 4.78 is 5.61.